The molecule has 0 spiro atoms. The Labute approximate surface area is 118 Å². The van der Waals surface area contributed by atoms with Crippen LogP contribution in [0.1, 0.15) is 84.7 Å². The summed E-state index contributed by atoms with van der Waals surface area (Å²) in [5.74, 6) is 2.52. The molecule has 110 valence electrons. The van der Waals surface area contributed by atoms with Gasteiger partial charge in [0.15, 0.2) is 0 Å². The topological polar surface area (TPSA) is 43.8 Å². The molecule has 1 heterocycles. The Kier molecular flexibility index (Phi) is 5.45. The molecule has 0 aliphatic heterocycles. The zero-order valence-corrected chi connectivity index (χ0v) is 13.6. The fraction of sp³-hybridized carbons (Fsp3) is 0.812. The van der Waals surface area contributed by atoms with Crippen molar-refractivity contribution in [1.29, 1.82) is 0 Å². The van der Waals surface area contributed by atoms with Crippen molar-refractivity contribution in [3.63, 3.8) is 0 Å². The van der Waals surface area contributed by atoms with Crippen LogP contribution in [0, 0.1) is 0 Å². The molecule has 2 N–H and O–H groups in total. The van der Waals surface area contributed by atoms with Gasteiger partial charge in [-0.1, -0.05) is 48.0 Å². The zero-order chi connectivity index (χ0) is 14.6. The van der Waals surface area contributed by atoms with E-state index in [9.17, 15) is 0 Å². The zero-order valence-electron chi connectivity index (χ0n) is 13.6. The van der Waals surface area contributed by atoms with E-state index in [-0.39, 0.29) is 5.41 Å². The van der Waals surface area contributed by atoms with E-state index < -0.39 is 0 Å². The first-order valence-electron chi connectivity index (χ1n) is 7.73. The van der Waals surface area contributed by atoms with Crippen LogP contribution in [0.5, 0.6) is 0 Å². The molecule has 0 saturated heterocycles. The number of nitrogens with two attached hydrogens (primary N) is 1. The first kappa shape index (κ1) is 16.1. The predicted molar refractivity (Wildman–Crippen MR) is 83.6 cm³/mol. The number of hydrogen-bond donors (Lipinski definition) is 1. The van der Waals surface area contributed by atoms with Gasteiger partial charge in [0.2, 0.25) is 0 Å². The minimum absolute atomic E-state index is 0.0478. The Hall–Kier alpha value is -0.990. The summed E-state index contributed by atoms with van der Waals surface area (Å²) >= 11 is 0. The Morgan fingerprint density at radius 1 is 1.16 bits per heavy atom. The van der Waals surface area contributed by atoms with Gasteiger partial charge in [-0.3, -0.25) is 0 Å². The lowest BCUT2D eigenvalue weighted by Crippen LogP contribution is -2.20. The molecule has 0 bridgehead atoms. The maximum absolute atomic E-state index is 6.39. The molecule has 1 aromatic rings. The molecule has 1 aromatic heterocycles. The highest BCUT2D eigenvalue weighted by molar-refractivity contribution is 5.42. The van der Waals surface area contributed by atoms with E-state index in [4.69, 9.17) is 10.7 Å². The van der Waals surface area contributed by atoms with Gasteiger partial charge in [-0.2, -0.15) is 0 Å². The lowest BCUT2D eigenvalue weighted by Gasteiger charge is -2.20. The van der Waals surface area contributed by atoms with Crippen LogP contribution in [0.3, 0.4) is 0 Å². The second-order valence-corrected chi connectivity index (χ2v) is 6.47. The second kappa shape index (κ2) is 6.44. The molecule has 0 radical (unpaired) electrons. The smallest absolute Gasteiger partial charge is 0.127 e. The van der Waals surface area contributed by atoms with Gasteiger partial charge in [-0.05, 0) is 19.3 Å². The monoisotopic (exact) mass is 265 g/mol. The van der Waals surface area contributed by atoms with Gasteiger partial charge in [0, 0.05) is 17.9 Å². The number of unbranched alkanes of at least 4 members (excludes halogenated alkanes) is 1. The number of rotatable bonds is 6. The minimum atomic E-state index is 0.0478. The fourth-order valence-corrected chi connectivity index (χ4v) is 2.58. The van der Waals surface area contributed by atoms with E-state index in [0.717, 1.165) is 43.1 Å². The average molecular weight is 265 g/mol. The van der Waals surface area contributed by atoms with Gasteiger partial charge < -0.3 is 10.3 Å². The summed E-state index contributed by atoms with van der Waals surface area (Å²) in [6.45, 7) is 14.3. The Morgan fingerprint density at radius 3 is 2.16 bits per heavy atom. The summed E-state index contributed by atoms with van der Waals surface area (Å²) in [5, 5.41) is 0. The maximum atomic E-state index is 6.39. The standard InChI is InChI=1S/C16H31N3/c1-7-10-11-19-14(17)13(12(8-2)9-3)18-15(19)16(4,5)6/h12H,7-11,17H2,1-6H3. The summed E-state index contributed by atoms with van der Waals surface area (Å²) in [5.41, 5.74) is 7.56. The fourth-order valence-electron chi connectivity index (χ4n) is 2.58. The van der Waals surface area contributed by atoms with Gasteiger partial charge in [0.05, 0.1) is 5.69 Å². The molecular weight excluding hydrogens is 234 g/mol. The summed E-state index contributed by atoms with van der Waals surface area (Å²) in [4.78, 5) is 4.91. The highest BCUT2D eigenvalue weighted by atomic mass is 15.2. The van der Waals surface area contributed by atoms with E-state index in [1.54, 1.807) is 0 Å². The predicted octanol–water partition coefficient (Wildman–Crippen LogP) is 4.47. The number of nitrogen functional groups attached to an aromatic ring is 1. The van der Waals surface area contributed by atoms with Crippen molar-refractivity contribution in [2.45, 2.75) is 85.1 Å². The van der Waals surface area contributed by atoms with Crippen molar-refractivity contribution < 1.29 is 0 Å². The third-order valence-electron chi connectivity index (χ3n) is 3.81. The molecule has 0 fully saturated rings. The highest BCUT2D eigenvalue weighted by Gasteiger charge is 2.26. The van der Waals surface area contributed by atoms with Crippen LogP contribution in [-0.4, -0.2) is 9.55 Å². The van der Waals surface area contributed by atoms with Crippen LogP contribution in [-0.2, 0) is 12.0 Å². The molecule has 0 aliphatic rings. The van der Waals surface area contributed by atoms with Crippen molar-refractivity contribution in [1.82, 2.24) is 9.55 Å². The van der Waals surface area contributed by atoms with Gasteiger partial charge in [-0.25, -0.2) is 4.98 Å². The van der Waals surface area contributed by atoms with E-state index in [2.05, 4.69) is 46.1 Å². The lowest BCUT2D eigenvalue weighted by atomic mass is 9.95. The summed E-state index contributed by atoms with van der Waals surface area (Å²) in [7, 11) is 0. The Morgan fingerprint density at radius 2 is 1.74 bits per heavy atom. The third-order valence-corrected chi connectivity index (χ3v) is 3.81. The second-order valence-electron chi connectivity index (χ2n) is 6.47. The number of aromatic nitrogens is 2. The maximum Gasteiger partial charge on any atom is 0.127 e. The van der Waals surface area contributed by atoms with Crippen LogP contribution >= 0.6 is 0 Å². The van der Waals surface area contributed by atoms with Gasteiger partial charge in [0.1, 0.15) is 11.6 Å². The van der Waals surface area contributed by atoms with Crippen LogP contribution in [0.4, 0.5) is 5.82 Å². The average Bonchev–Trinajstić information content (AvgIpc) is 2.66. The molecule has 3 nitrogen and oxygen atoms in total. The molecule has 0 unspecified atom stereocenters. The molecule has 0 saturated carbocycles. The highest BCUT2D eigenvalue weighted by Crippen LogP contribution is 2.32. The molecule has 19 heavy (non-hydrogen) atoms. The van der Waals surface area contributed by atoms with Crippen molar-refractivity contribution >= 4 is 5.82 Å². The quantitative estimate of drug-likeness (QED) is 0.825. The molecule has 0 aromatic carbocycles. The lowest BCUT2D eigenvalue weighted by molar-refractivity contribution is 0.490. The van der Waals surface area contributed by atoms with Crippen LogP contribution < -0.4 is 5.73 Å². The van der Waals surface area contributed by atoms with Crippen LogP contribution in [0.15, 0.2) is 0 Å². The number of hydrogen-bond acceptors (Lipinski definition) is 2. The normalized spacial score (nSPS) is 12.4. The largest absolute Gasteiger partial charge is 0.384 e. The van der Waals surface area contributed by atoms with Gasteiger partial charge in [0.25, 0.3) is 0 Å². The molecule has 1 rings (SSSR count). The van der Waals surface area contributed by atoms with Crippen molar-refractivity contribution in [3.05, 3.63) is 11.5 Å². The Balaban J connectivity index is 3.25. The summed E-state index contributed by atoms with van der Waals surface area (Å²) in [6, 6.07) is 0. The van der Waals surface area contributed by atoms with Crippen LogP contribution in [0.25, 0.3) is 0 Å². The first-order valence-corrected chi connectivity index (χ1v) is 7.73. The van der Waals surface area contributed by atoms with Gasteiger partial charge >= 0.3 is 0 Å². The SMILES string of the molecule is CCCCn1c(C(C)(C)C)nc(C(CC)CC)c1N. The number of nitrogens with zero attached hydrogens (tertiary/aromatic N) is 2. The van der Waals surface area contributed by atoms with E-state index >= 15 is 0 Å². The molecule has 3 heteroatoms. The van der Waals surface area contributed by atoms with Gasteiger partial charge in [-0.15, -0.1) is 0 Å². The summed E-state index contributed by atoms with van der Waals surface area (Å²) in [6.07, 6.45) is 4.55. The minimum Gasteiger partial charge on any atom is -0.384 e. The van der Waals surface area contributed by atoms with E-state index in [1.165, 1.54) is 6.42 Å². The molecule has 0 amide bonds. The number of imidazole rings is 1. The molecule has 0 aliphatic carbocycles. The van der Waals surface area contributed by atoms with E-state index in [0.29, 0.717) is 5.92 Å². The number of anilines is 1. The van der Waals surface area contributed by atoms with Crippen molar-refractivity contribution in [2.75, 3.05) is 5.73 Å². The molecular formula is C16H31N3. The Bertz CT molecular complexity index is 395. The van der Waals surface area contributed by atoms with Crippen molar-refractivity contribution in [2.24, 2.45) is 0 Å². The van der Waals surface area contributed by atoms with Crippen LogP contribution in [0.2, 0.25) is 0 Å². The van der Waals surface area contributed by atoms with Crippen molar-refractivity contribution in [3.8, 4) is 0 Å². The third kappa shape index (κ3) is 3.52. The van der Waals surface area contributed by atoms with E-state index in [1.807, 2.05) is 0 Å². The summed E-state index contributed by atoms with van der Waals surface area (Å²) < 4.78 is 2.25. The molecule has 0 atom stereocenters. The first-order chi connectivity index (χ1) is 8.86.